The number of nitrogens with zero attached hydrogens (tertiary/aromatic N) is 3. The minimum absolute atomic E-state index is 0.00529. The number of hydrogen-bond donors (Lipinski definition) is 1. The fraction of sp³-hybridized carbons (Fsp3) is 0.0833. The first-order chi connectivity index (χ1) is 16.5. The standard InChI is InChI=1S/C24H18BrClN4O3S/c1-33-21-11-6-16(25)12-15(21)13-27-29-22(31)14-34-24-28-20-5-3-2-4-19(20)23(32)30(24)18-9-7-17(26)8-10-18/h2-13H,14H2,1H3,(H,29,31)/b27-13+. The molecule has 0 fully saturated rings. The van der Waals surface area contributed by atoms with Crippen molar-refractivity contribution < 1.29 is 9.53 Å². The van der Waals surface area contributed by atoms with E-state index in [-0.39, 0.29) is 17.2 Å². The number of rotatable bonds is 7. The summed E-state index contributed by atoms with van der Waals surface area (Å²) in [6.45, 7) is 0. The van der Waals surface area contributed by atoms with Crippen LogP contribution in [0.15, 0.2) is 86.3 Å². The molecule has 172 valence electrons. The third-order valence-electron chi connectivity index (χ3n) is 4.75. The molecule has 4 aromatic rings. The summed E-state index contributed by atoms with van der Waals surface area (Å²) in [6, 6.07) is 19.4. The molecule has 0 aliphatic carbocycles. The highest BCUT2D eigenvalue weighted by Crippen LogP contribution is 2.23. The number of aromatic nitrogens is 2. The second-order valence-electron chi connectivity index (χ2n) is 7.00. The Balaban J connectivity index is 1.55. The first kappa shape index (κ1) is 24.0. The van der Waals surface area contributed by atoms with E-state index < -0.39 is 0 Å². The van der Waals surface area contributed by atoms with Gasteiger partial charge in [0.1, 0.15) is 5.75 Å². The number of para-hydroxylation sites is 1. The molecular weight excluding hydrogens is 540 g/mol. The largest absolute Gasteiger partial charge is 0.496 e. The van der Waals surface area contributed by atoms with Crippen LogP contribution in [0.1, 0.15) is 5.56 Å². The Morgan fingerprint density at radius 3 is 2.74 bits per heavy atom. The van der Waals surface area contributed by atoms with Crippen LogP contribution in [0, 0.1) is 0 Å². The molecule has 1 N–H and O–H groups in total. The van der Waals surface area contributed by atoms with E-state index in [4.69, 9.17) is 16.3 Å². The van der Waals surface area contributed by atoms with Gasteiger partial charge in [0.25, 0.3) is 11.5 Å². The summed E-state index contributed by atoms with van der Waals surface area (Å²) in [5, 5.41) is 5.45. The summed E-state index contributed by atoms with van der Waals surface area (Å²) in [6.07, 6.45) is 1.50. The van der Waals surface area contributed by atoms with Gasteiger partial charge in [-0.15, -0.1) is 0 Å². The molecule has 0 spiro atoms. The molecule has 10 heteroatoms. The van der Waals surface area contributed by atoms with Crippen molar-refractivity contribution in [3.05, 3.63) is 92.1 Å². The summed E-state index contributed by atoms with van der Waals surface area (Å²) < 4.78 is 7.63. The number of nitrogens with one attached hydrogen (secondary N) is 1. The lowest BCUT2D eigenvalue weighted by atomic mass is 10.2. The van der Waals surface area contributed by atoms with Crippen molar-refractivity contribution in [2.24, 2.45) is 5.10 Å². The molecule has 0 saturated carbocycles. The van der Waals surface area contributed by atoms with Gasteiger partial charge in [-0.1, -0.05) is 51.4 Å². The predicted octanol–water partition coefficient (Wildman–Crippen LogP) is 5.05. The number of amides is 1. The lowest BCUT2D eigenvalue weighted by Crippen LogP contribution is -2.24. The summed E-state index contributed by atoms with van der Waals surface area (Å²) in [7, 11) is 1.56. The van der Waals surface area contributed by atoms with Crippen LogP contribution in [0.5, 0.6) is 5.75 Å². The van der Waals surface area contributed by atoms with Gasteiger partial charge in [-0.3, -0.25) is 14.2 Å². The molecule has 3 aromatic carbocycles. The smallest absolute Gasteiger partial charge is 0.266 e. The average Bonchev–Trinajstić information content (AvgIpc) is 2.84. The Kier molecular flexibility index (Phi) is 7.66. The molecule has 7 nitrogen and oxygen atoms in total. The van der Waals surface area contributed by atoms with E-state index in [1.54, 1.807) is 55.6 Å². The molecule has 34 heavy (non-hydrogen) atoms. The van der Waals surface area contributed by atoms with Gasteiger partial charge in [0.15, 0.2) is 5.16 Å². The van der Waals surface area contributed by atoms with Crippen LogP contribution in [0.25, 0.3) is 16.6 Å². The summed E-state index contributed by atoms with van der Waals surface area (Å²) in [5.74, 6) is 0.286. The van der Waals surface area contributed by atoms with Gasteiger partial charge in [0.2, 0.25) is 0 Å². The van der Waals surface area contributed by atoms with Crippen molar-refractivity contribution in [2.45, 2.75) is 5.16 Å². The maximum atomic E-state index is 13.2. The normalized spacial score (nSPS) is 11.1. The molecule has 0 atom stereocenters. The maximum absolute atomic E-state index is 13.2. The van der Waals surface area contributed by atoms with E-state index >= 15 is 0 Å². The molecular formula is C24H18BrClN4O3S. The Morgan fingerprint density at radius 2 is 1.97 bits per heavy atom. The minimum Gasteiger partial charge on any atom is -0.496 e. The van der Waals surface area contributed by atoms with Gasteiger partial charge >= 0.3 is 0 Å². The molecule has 0 radical (unpaired) electrons. The number of halogens is 2. The van der Waals surface area contributed by atoms with Crippen molar-refractivity contribution in [3.8, 4) is 11.4 Å². The fourth-order valence-corrected chi connectivity index (χ4v) is 4.48. The Labute approximate surface area is 212 Å². The number of thioether (sulfide) groups is 1. The Hall–Kier alpha value is -3.14. The second-order valence-corrected chi connectivity index (χ2v) is 9.29. The summed E-state index contributed by atoms with van der Waals surface area (Å²) in [5.41, 5.74) is 4.14. The van der Waals surface area contributed by atoms with Crippen LogP contribution in [0.3, 0.4) is 0 Å². The first-order valence-electron chi connectivity index (χ1n) is 10.0. The molecule has 0 unspecified atom stereocenters. The van der Waals surface area contributed by atoms with Crippen molar-refractivity contribution >= 4 is 62.3 Å². The quantitative estimate of drug-likeness (QED) is 0.149. The molecule has 4 rings (SSSR count). The third kappa shape index (κ3) is 5.49. The van der Waals surface area contributed by atoms with Crippen LogP contribution in [-0.4, -0.2) is 34.5 Å². The number of carbonyl (C=O) groups excluding carboxylic acids is 1. The van der Waals surface area contributed by atoms with Crippen LogP contribution >= 0.6 is 39.3 Å². The lowest BCUT2D eigenvalue weighted by Gasteiger charge is -2.13. The van der Waals surface area contributed by atoms with Gasteiger partial charge in [0.05, 0.1) is 35.7 Å². The van der Waals surface area contributed by atoms with Gasteiger partial charge in [-0.2, -0.15) is 5.10 Å². The zero-order chi connectivity index (χ0) is 24.1. The average molecular weight is 558 g/mol. The van der Waals surface area contributed by atoms with Crippen LogP contribution in [0.4, 0.5) is 0 Å². The Morgan fingerprint density at radius 1 is 1.21 bits per heavy atom. The van der Waals surface area contributed by atoms with Crippen molar-refractivity contribution in [2.75, 3.05) is 12.9 Å². The molecule has 0 aliphatic rings. The number of hydrogen-bond acceptors (Lipinski definition) is 6. The van der Waals surface area contributed by atoms with Crippen LogP contribution < -0.4 is 15.7 Å². The Bertz CT molecular complexity index is 1440. The van der Waals surface area contributed by atoms with E-state index in [2.05, 4.69) is 31.4 Å². The van der Waals surface area contributed by atoms with E-state index in [9.17, 15) is 9.59 Å². The van der Waals surface area contributed by atoms with Gasteiger partial charge in [-0.25, -0.2) is 10.4 Å². The first-order valence-corrected chi connectivity index (χ1v) is 12.2. The second kappa shape index (κ2) is 10.9. The predicted molar refractivity (Wildman–Crippen MR) is 140 cm³/mol. The third-order valence-corrected chi connectivity index (χ3v) is 6.43. The number of ether oxygens (including phenoxy) is 1. The molecule has 1 amide bonds. The van der Waals surface area contributed by atoms with E-state index in [1.807, 2.05) is 18.2 Å². The molecule has 0 aliphatic heterocycles. The number of fused-ring (bicyclic) bond motifs is 1. The van der Waals surface area contributed by atoms with Crippen molar-refractivity contribution in [1.29, 1.82) is 0 Å². The van der Waals surface area contributed by atoms with E-state index in [1.165, 1.54) is 10.8 Å². The summed E-state index contributed by atoms with van der Waals surface area (Å²) >= 11 is 10.6. The lowest BCUT2D eigenvalue weighted by molar-refractivity contribution is -0.118. The topological polar surface area (TPSA) is 85.6 Å². The van der Waals surface area contributed by atoms with Crippen LogP contribution in [0.2, 0.25) is 5.02 Å². The molecule has 0 bridgehead atoms. The highest BCUT2D eigenvalue weighted by Gasteiger charge is 2.15. The van der Waals surface area contributed by atoms with Gasteiger partial charge in [0, 0.05) is 15.1 Å². The zero-order valence-corrected chi connectivity index (χ0v) is 21.0. The molecule has 1 heterocycles. The SMILES string of the molecule is COc1ccc(Br)cc1/C=N/NC(=O)CSc1nc2ccccc2c(=O)n1-c1ccc(Cl)cc1. The maximum Gasteiger partial charge on any atom is 0.266 e. The number of carbonyl (C=O) groups is 1. The number of benzene rings is 3. The summed E-state index contributed by atoms with van der Waals surface area (Å²) in [4.78, 5) is 30.3. The van der Waals surface area contributed by atoms with Gasteiger partial charge in [-0.05, 0) is 54.6 Å². The number of methoxy groups -OCH3 is 1. The van der Waals surface area contributed by atoms with Crippen LogP contribution in [-0.2, 0) is 4.79 Å². The van der Waals surface area contributed by atoms with E-state index in [0.717, 1.165) is 16.2 Å². The monoisotopic (exact) mass is 556 g/mol. The van der Waals surface area contributed by atoms with Gasteiger partial charge < -0.3 is 4.74 Å². The number of hydrazone groups is 1. The van der Waals surface area contributed by atoms with Crippen molar-refractivity contribution in [3.63, 3.8) is 0 Å². The van der Waals surface area contributed by atoms with Crippen molar-refractivity contribution in [1.82, 2.24) is 15.0 Å². The highest BCUT2D eigenvalue weighted by atomic mass is 79.9. The zero-order valence-electron chi connectivity index (χ0n) is 17.9. The fourth-order valence-electron chi connectivity index (χ4n) is 3.17. The molecule has 0 saturated heterocycles. The minimum atomic E-state index is -0.347. The highest BCUT2D eigenvalue weighted by molar-refractivity contribution is 9.10. The van der Waals surface area contributed by atoms with E-state index in [0.29, 0.717) is 38.1 Å². The molecule has 1 aromatic heterocycles.